The number of nitrogens with one attached hydrogen (secondary N) is 1. The summed E-state index contributed by atoms with van der Waals surface area (Å²) in [6.07, 6.45) is 3.66. The highest BCUT2D eigenvalue weighted by Crippen LogP contribution is 2.56. The van der Waals surface area contributed by atoms with Gasteiger partial charge in [-0.15, -0.1) is 0 Å². The van der Waals surface area contributed by atoms with Gasteiger partial charge in [-0.2, -0.15) is 0 Å². The van der Waals surface area contributed by atoms with Crippen LogP contribution in [0.15, 0.2) is 48.5 Å². The normalized spacial score (nSPS) is 25.5. The molecule has 6 heteroatoms. The van der Waals surface area contributed by atoms with Crippen LogP contribution in [-0.2, 0) is 15.0 Å². The number of carbonyl (C=O) groups excluding carboxylic acids is 2. The molecule has 2 amide bonds. The van der Waals surface area contributed by atoms with Crippen molar-refractivity contribution in [3.05, 3.63) is 59.7 Å². The largest absolute Gasteiger partial charge is 0.494 e. The van der Waals surface area contributed by atoms with Crippen LogP contribution in [0.25, 0.3) is 0 Å². The summed E-state index contributed by atoms with van der Waals surface area (Å²) in [5.41, 5.74) is 2.34. The highest BCUT2D eigenvalue weighted by Gasteiger charge is 2.60. The van der Waals surface area contributed by atoms with Crippen molar-refractivity contribution in [1.82, 2.24) is 10.2 Å². The van der Waals surface area contributed by atoms with E-state index >= 15 is 0 Å². The van der Waals surface area contributed by atoms with Crippen LogP contribution < -0.4 is 15.0 Å². The monoisotopic (exact) mass is 433 g/mol. The van der Waals surface area contributed by atoms with Crippen LogP contribution in [0.3, 0.4) is 0 Å². The third kappa shape index (κ3) is 3.37. The van der Waals surface area contributed by atoms with E-state index in [1.807, 2.05) is 30.3 Å². The molecule has 0 aromatic heterocycles. The van der Waals surface area contributed by atoms with Crippen LogP contribution in [-0.4, -0.2) is 49.5 Å². The number of likely N-dealkylation sites (tertiary alicyclic amines) is 1. The molecule has 0 unspecified atom stereocenters. The van der Waals surface area contributed by atoms with Gasteiger partial charge in [0.1, 0.15) is 12.3 Å². The SMILES string of the molecule is CCCCN1CC[C@]23C(=O)N(CC(=O)NCCCOc4cccc(c4)[C@H]12)c1ccccc13. The fourth-order valence-corrected chi connectivity index (χ4v) is 5.67. The van der Waals surface area contributed by atoms with Gasteiger partial charge >= 0.3 is 0 Å². The molecule has 2 aromatic carbocycles. The molecule has 0 saturated carbocycles. The molecule has 3 heterocycles. The van der Waals surface area contributed by atoms with Gasteiger partial charge < -0.3 is 15.0 Å². The van der Waals surface area contributed by atoms with Crippen molar-refractivity contribution in [2.45, 2.75) is 44.1 Å². The summed E-state index contributed by atoms with van der Waals surface area (Å²) in [6.45, 7) is 5.13. The number of carbonyl (C=O) groups is 2. The number of fused-ring (bicyclic) bond motifs is 6. The van der Waals surface area contributed by atoms with E-state index in [4.69, 9.17) is 4.74 Å². The fraction of sp³-hybridized carbons (Fsp3) is 0.462. The lowest BCUT2D eigenvalue weighted by Gasteiger charge is -2.35. The Hall–Kier alpha value is -2.86. The van der Waals surface area contributed by atoms with Crippen molar-refractivity contribution in [1.29, 1.82) is 0 Å². The lowest BCUT2D eigenvalue weighted by Crippen LogP contribution is -2.47. The van der Waals surface area contributed by atoms with Crippen molar-refractivity contribution in [3.8, 4) is 5.75 Å². The first-order valence-electron chi connectivity index (χ1n) is 11.8. The molecule has 5 rings (SSSR count). The third-order valence-corrected chi connectivity index (χ3v) is 7.11. The molecule has 1 fully saturated rings. The number of hydrogen-bond acceptors (Lipinski definition) is 4. The molecule has 2 aromatic rings. The molecule has 0 aliphatic carbocycles. The molecule has 4 bridgehead atoms. The van der Waals surface area contributed by atoms with Crippen molar-refractivity contribution in [3.63, 3.8) is 0 Å². The van der Waals surface area contributed by atoms with Gasteiger partial charge in [-0.25, -0.2) is 0 Å². The van der Waals surface area contributed by atoms with Crippen LogP contribution in [0.2, 0.25) is 0 Å². The predicted molar refractivity (Wildman–Crippen MR) is 124 cm³/mol. The molecular formula is C26H31N3O3. The van der Waals surface area contributed by atoms with E-state index in [1.165, 1.54) is 0 Å². The lowest BCUT2D eigenvalue weighted by atomic mass is 9.72. The highest BCUT2D eigenvalue weighted by atomic mass is 16.5. The van der Waals surface area contributed by atoms with E-state index in [0.29, 0.717) is 13.2 Å². The first-order valence-corrected chi connectivity index (χ1v) is 11.8. The van der Waals surface area contributed by atoms with E-state index < -0.39 is 5.41 Å². The van der Waals surface area contributed by atoms with Gasteiger partial charge in [0.2, 0.25) is 11.8 Å². The van der Waals surface area contributed by atoms with Gasteiger partial charge in [-0.1, -0.05) is 43.7 Å². The number of anilines is 1. The fourth-order valence-electron chi connectivity index (χ4n) is 5.67. The number of para-hydroxylation sites is 1. The molecule has 168 valence electrons. The molecule has 0 radical (unpaired) electrons. The summed E-state index contributed by atoms with van der Waals surface area (Å²) in [5.74, 6) is 0.735. The van der Waals surface area contributed by atoms with Gasteiger partial charge in [-0.3, -0.25) is 14.5 Å². The van der Waals surface area contributed by atoms with Crippen molar-refractivity contribution >= 4 is 17.5 Å². The second-order valence-corrected chi connectivity index (χ2v) is 9.05. The summed E-state index contributed by atoms with van der Waals surface area (Å²) in [5, 5.41) is 2.95. The molecule has 6 nitrogen and oxygen atoms in total. The Morgan fingerprint density at radius 3 is 2.91 bits per heavy atom. The summed E-state index contributed by atoms with van der Waals surface area (Å²) in [6, 6.07) is 16.2. The minimum Gasteiger partial charge on any atom is -0.494 e. The van der Waals surface area contributed by atoms with Crippen LogP contribution in [0.4, 0.5) is 5.69 Å². The maximum atomic E-state index is 14.2. The van der Waals surface area contributed by atoms with Crippen LogP contribution >= 0.6 is 0 Å². The zero-order valence-corrected chi connectivity index (χ0v) is 18.7. The Morgan fingerprint density at radius 1 is 1.16 bits per heavy atom. The number of unbranched alkanes of at least 4 members (excludes halogenated alkanes) is 1. The Bertz CT molecular complexity index is 1020. The molecule has 3 aliphatic rings. The van der Waals surface area contributed by atoms with E-state index in [9.17, 15) is 9.59 Å². The van der Waals surface area contributed by atoms with Crippen LogP contribution in [0, 0.1) is 0 Å². The van der Waals surface area contributed by atoms with E-state index in [0.717, 1.165) is 61.3 Å². The standard InChI is InChI=1S/C26H31N3O3/c1-2-3-14-28-15-12-26-21-10-4-5-11-22(21)29(25(26)31)18-23(30)27-13-7-16-32-20-9-6-8-19(17-20)24(26)28/h4-6,8-11,17,24H,2-3,7,12-16,18H2,1H3,(H,27,30)/t24-,26+/m0/s1. The topological polar surface area (TPSA) is 61.9 Å². The maximum absolute atomic E-state index is 14.2. The molecule has 32 heavy (non-hydrogen) atoms. The minimum absolute atomic E-state index is 0.0428. The molecule has 2 atom stereocenters. The first kappa shape index (κ1) is 21.0. The van der Waals surface area contributed by atoms with E-state index in [-0.39, 0.29) is 24.4 Å². The second kappa shape index (κ2) is 8.58. The molecule has 1 N–H and O–H groups in total. The average Bonchev–Trinajstić information content (AvgIpc) is 3.30. The van der Waals surface area contributed by atoms with Gasteiger partial charge in [-0.05, 0) is 55.1 Å². The molecular weight excluding hydrogens is 402 g/mol. The van der Waals surface area contributed by atoms with Crippen molar-refractivity contribution in [2.75, 3.05) is 37.7 Å². The predicted octanol–water partition coefficient (Wildman–Crippen LogP) is 3.42. The zero-order chi connectivity index (χ0) is 22.1. The lowest BCUT2D eigenvalue weighted by molar-refractivity contribution is -0.127. The number of nitrogens with zero attached hydrogens (tertiary/aromatic N) is 2. The Morgan fingerprint density at radius 2 is 2.03 bits per heavy atom. The van der Waals surface area contributed by atoms with Crippen molar-refractivity contribution in [2.24, 2.45) is 0 Å². The average molecular weight is 434 g/mol. The van der Waals surface area contributed by atoms with Crippen LogP contribution in [0.1, 0.15) is 49.8 Å². The quantitative estimate of drug-likeness (QED) is 0.806. The number of ether oxygens (including phenoxy) is 1. The first-order chi connectivity index (χ1) is 15.6. The van der Waals surface area contributed by atoms with Crippen molar-refractivity contribution < 1.29 is 14.3 Å². The van der Waals surface area contributed by atoms with E-state index in [1.54, 1.807) is 4.90 Å². The summed E-state index contributed by atoms with van der Waals surface area (Å²) in [4.78, 5) is 31.1. The van der Waals surface area contributed by atoms with E-state index in [2.05, 4.69) is 35.3 Å². The summed E-state index contributed by atoms with van der Waals surface area (Å²) >= 11 is 0. The third-order valence-electron chi connectivity index (χ3n) is 7.11. The number of hydrogen-bond donors (Lipinski definition) is 1. The highest BCUT2D eigenvalue weighted by molar-refractivity contribution is 6.11. The summed E-state index contributed by atoms with van der Waals surface area (Å²) in [7, 11) is 0. The summed E-state index contributed by atoms with van der Waals surface area (Å²) < 4.78 is 6.00. The molecule has 1 saturated heterocycles. The molecule has 3 aliphatic heterocycles. The maximum Gasteiger partial charge on any atom is 0.240 e. The number of rotatable bonds is 3. The Balaban J connectivity index is 1.68. The van der Waals surface area contributed by atoms with Gasteiger partial charge in [0.25, 0.3) is 0 Å². The Kier molecular flexibility index (Phi) is 5.64. The number of amides is 2. The smallest absolute Gasteiger partial charge is 0.240 e. The van der Waals surface area contributed by atoms with Crippen LogP contribution in [0.5, 0.6) is 5.75 Å². The Labute approximate surface area is 189 Å². The second-order valence-electron chi connectivity index (χ2n) is 9.05. The van der Waals surface area contributed by atoms with Gasteiger partial charge in [0, 0.05) is 18.8 Å². The number of benzene rings is 2. The minimum atomic E-state index is -0.687. The zero-order valence-electron chi connectivity index (χ0n) is 18.7. The van der Waals surface area contributed by atoms with Gasteiger partial charge in [0.15, 0.2) is 0 Å². The molecule has 1 spiro atoms. The van der Waals surface area contributed by atoms with Gasteiger partial charge in [0.05, 0.1) is 18.1 Å².